The molecule has 0 fully saturated rings. The summed E-state index contributed by atoms with van der Waals surface area (Å²) in [5.41, 5.74) is 1.52. The average molecular weight is 321 g/mol. The number of rotatable bonds is 3. The lowest BCUT2D eigenvalue weighted by Gasteiger charge is -2.25. The Morgan fingerprint density at radius 3 is 2.75 bits per heavy atom. The first kappa shape index (κ1) is 14.3. The number of hydrogen-bond donors (Lipinski definition) is 1. The van der Waals surface area contributed by atoms with Gasteiger partial charge in [0.2, 0.25) is 6.10 Å². The van der Waals surface area contributed by atoms with Crippen molar-refractivity contribution < 1.29 is 14.3 Å². The van der Waals surface area contributed by atoms with E-state index in [-0.39, 0.29) is 12.5 Å². The van der Waals surface area contributed by atoms with Crippen LogP contribution in [0.4, 0.5) is 5.69 Å². The van der Waals surface area contributed by atoms with Crippen molar-refractivity contribution in [1.82, 2.24) is 9.55 Å². The van der Waals surface area contributed by atoms with Crippen LogP contribution in [0.2, 0.25) is 0 Å². The van der Waals surface area contributed by atoms with Gasteiger partial charge >= 0.3 is 0 Å². The van der Waals surface area contributed by atoms with E-state index in [9.17, 15) is 4.79 Å². The summed E-state index contributed by atoms with van der Waals surface area (Å²) in [5.74, 6) is 0.976. The third kappa shape index (κ3) is 2.69. The minimum Gasteiger partial charge on any atom is -0.485 e. The summed E-state index contributed by atoms with van der Waals surface area (Å²) in [6.45, 7) is 0.177. The molecule has 1 atom stereocenters. The maximum absolute atomic E-state index is 12.6. The van der Waals surface area contributed by atoms with Crippen LogP contribution in [0.25, 0.3) is 5.69 Å². The monoisotopic (exact) mass is 321 g/mol. The normalized spacial score (nSPS) is 15.8. The Morgan fingerprint density at radius 2 is 1.92 bits per heavy atom. The van der Waals surface area contributed by atoms with Crippen molar-refractivity contribution >= 4 is 11.6 Å². The molecule has 1 aliphatic rings. The topological polar surface area (TPSA) is 65.4 Å². The lowest BCUT2D eigenvalue weighted by atomic mass is 10.2. The zero-order chi connectivity index (χ0) is 16.4. The van der Waals surface area contributed by atoms with Crippen molar-refractivity contribution in [2.24, 2.45) is 0 Å². The van der Waals surface area contributed by atoms with Crippen LogP contribution in [0.5, 0.6) is 11.5 Å². The number of anilines is 1. The molecule has 6 heteroatoms. The van der Waals surface area contributed by atoms with Crippen molar-refractivity contribution in [3.8, 4) is 17.2 Å². The number of imidazole rings is 1. The summed E-state index contributed by atoms with van der Waals surface area (Å²) in [6.07, 6.45) is 4.49. The van der Waals surface area contributed by atoms with Gasteiger partial charge in [-0.15, -0.1) is 0 Å². The quantitative estimate of drug-likeness (QED) is 0.805. The van der Waals surface area contributed by atoms with Gasteiger partial charge in [0.1, 0.15) is 6.61 Å². The van der Waals surface area contributed by atoms with Crippen molar-refractivity contribution in [2.75, 3.05) is 11.9 Å². The van der Waals surface area contributed by atoms with E-state index < -0.39 is 6.10 Å². The van der Waals surface area contributed by atoms with Gasteiger partial charge in [0.15, 0.2) is 11.5 Å². The van der Waals surface area contributed by atoms with Gasteiger partial charge in [0.25, 0.3) is 5.91 Å². The summed E-state index contributed by atoms with van der Waals surface area (Å²) in [6, 6.07) is 14.8. The number of ether oxygens (including phenoxy) is 2. The van der Waals surface area contributed by atoms with Crippen molar-refractivity contribution in [1.29, 1.82) is 0 Å². The van der Waals surface area contributed by atoms with Gasteiger partial charge in [-0.3, -0.25) is 4.79 Å². The van der Waals surface area contributed by atoms with Gasteiger partial charge in [0, 0.05) is 12.4 Å². The fourth-order valence-electron chi connectivity index (χ4n) is 2.57. The van der Waals surface area contributed by atoms with E-state index in [4.69, 9.17) is 9.47 Å². The molecule has 1 amide bonds. The molecular formula is C18H15N3O3. The van der Waals surface area contributed by atoms with Gasteiger partial charge < -0.3 is 19.4 Å². The average Bonchev–Trinajstić information content (AvgIpc) is 3.16. The van der Waals surface area contributed by atoms with Crippen LogP contribution in [0, 0.1) is 0 Å². The van der Waals surface area contributed by atoms with E-state index in [1.54, 1.807) is 18.6 Å². The number of benzene rings is 2. The lowest BCUT2D eigenvalue weighted by molar-refractivity contribution is -0.125. The predicted octanol–water partition coefficient (Wildman–Crippen LogP) is 2.65. The highest BCUT2D eigenvalue weighted by molar-refractivity contribution is 5.96. The molecule has 0 radical (unpaired) electrons. The summed E-state index contributed by atoms with van der Waals surface area (Å²) >= 11 is 0. The van der Waals surface area contributed by atoms with E-state index in [1.165, 1.54) is 0 Å². The highest BCUT2D eigenvalue weighted by Crippen LogP contribution is 2.31. The van der Waals surface area contributed by atoms with Gasteiger partial charge in [-0.05, 0) is 24.3 Å². The second kappa shape index (κ2) is 6.08. The molecule has 0 bridgehead atoms. The molecule has 0 spiro atoms. The zero-order valence-electron chi connectivity index (χ0n) is 12.8. The summed E-state index contributed by atoms with van der Waals surface area (Å²) < 4.78 is 13.2. The first-order chi connectivity index (χ1) is 11.8. The number of hydrogen-bond acceptors (Lipinski definition) is 4. The SMILES string of the molecule is O=C(Nc1ccccc1-n1ccnc1)[C@@H]1COc2ccccc2O1. The van der Waals surface area contributed by atoms with Crippen LogP contribution < -0.4 is 14.8 Å². The molecule has 0 unspecified atom stereocenters. The largest absolute Gasteiger partial charge is 0.485 e. The minimum atomic E-state index is -0.698. The number of nitrogens with zero attached hydrogens (tertiary/aromatic N) is 2. The number of carbonyl (C=O) groups excluding carboxylic acids is 1. The number of fused-ring (bicyclic) bond motifs is 1. The van der Waals surface area contributed by atoms with Gasteiger partial charge in [0.05, 0.1) is 17.7 Å². The highest BCUT2D eigenvalue weighted by Gasteiger charge is 2.27. The summed E-state index contributed by atoms with van der Waals surface area (Å²) in [4.78, 5) is 16.6. The maximum Gasteiger partial charge on any atom is 0.269 e. The molecule has 4 rings (SSSR count). The lowest BCUT2D eigenvalue weighted by Crippen LogP contribution is -2.40. The van der Waals surface area contributed by atoms with E-state index in [2.05, 4.69) is 10.3 Å². The number of nitrogens with one attached hydrogen (secondary N) is 1. The molecule has 1 N–H and O–H groups in total. The van der Waals surface area contributed by atoms with Crippen LogP contribution in [-0.2, 0) is 4.79 Å². The smallest absolute Gasteiger partial charge is 0.269 e. The highest BCUT2D eigenvalue weighted by atomic mass is 16.6. The Balaban J connectivity index is 1.54. The molecular weight excluding hydrogens is 306 g/mol. The second-order valence-electron chi connectivity index (χ2n) is 5.34. The van der Waals surface area contributed by atoms with E-state index in [0.29, 0.717) is 17.2 Å². The molecule has 120 valence electrons. The molecule has 0 saturated carbocycles. The molecule has 1 aromatic heterocycles. The van der Waals surface area contributed by atoms with Crippen molar-refractivity contribution in [3.63, 3.8) is 0 Å². The first-order valence-corrected chi connectivity index (χ1v) is 7.58. The maximum atomic E-state index is 12.6. The molecule has 0 aliphatic carbocycles. The summed E-state index contributed by atoms with van der Waals surface area (Å²) in [7, 11) is 0. The van der Waals surface area contributed by atoms with Crippen molar-refractivity contribution in [2.45, 2.75) is 6.10 Å². The number of para-hydroxylation sites is 4. The molecule has 6 nitrogen and oxygen atoms in total. The Labute approximate surface area is 138 Å². The molecule has 2 aromatic carbocycles. The number of carbonyl (C=O) groups is 1. The fourth-order valence-corrected chi connectivity index (χ4v) is 2.57. The Kier molecular flexibility index (Phi) is 3.63. The molecule has 1 aliphatic heterocycles. The van der Waals surface area contributed by atoms with Gasteiger partial charge in [-0.25, -0.2) is 4.98 Å². The van der Waals surface area contributed by atoms with E-state index >= 15 is 0 Å². The molecule has 0 saturated heterocycles. The molecule has 3 aromatic rings. The predicted molar refractivity (Wildman–Crippen MR) is 88.5 cm³/mol. The van der Waals surface area contributed by atoms with Crippen LogP contribution in [-0.4, -0.2) is 28.2 Å². The first-order valence-electron chi connectivity index (χ1n) is 7.58. The third-order valence-corrected chi connectivity index (χ3v) is 3.75. The standard InChI is InChI=1S/C18H15N3O3/c22-18(17-11-23-15-7-3-4-8-16(15)24-17)20-13-5-1-2-6-14(13)21-10-9-19-12-21/h1-10,12,17H,11H2,(H,20,22)/t17-/m0/s1. The number of amides is 1. The van der Waals surface area contributed by atoms with E-state index in [0.717, 1.165) is 5.69 Å². The van der Waals surface area contributed by atoms with Gasteiger partial charge in [-0.1, -0.05) is 24.3 Å². The molecule has 2 heterocycles. The van der Waals surface area contributed by atoms with Crippen LogP contribution in [0.1, 0.15) is 0 Å². The zero-order valence-corrected chi connectivity index (χ0v) is 12.8. The Bertz CT molecular complexity index is 861. The number of aromatic nitrogens is 2. The van der Waals surface area contributed by atoms with Gasteiger partial charge in [-0.2, -0.15) is 0 Å². The summed E-state index contributed by atoms with van der Waals surface area (Å²) in [5, 5.41) is 2.91. The Hall–Kier alpha value is -3.28. The van der Waals surface area contributed by atoms with Crippen molar-refractivity contribution in [3.05, 3.63) is 67.3 Å². The molecule has 24 heavy (non-hydrogen) atoms. The fraction of sp³-hybridized carbons (Fsp3) is 0.111. The van der Waals surface area contributed by atoms with E-state index in [1.807, 2.05) is 53.2 Å². The second-order valence-corrected chi connectivity index (χ2v) is 5.34. The Morgan fingerprint density at radius 1 is 1.12 bits per heavy atom. The van der Waals surface area contributed by atoms with Crippen LogP contribution in [0.3, 0.4) is 0 Å². The minimum absolute atomic E-state index is 0.177. The van der Waals surface area contributed by atoms with Crippen LogP contribution >= 0.6 is 0 Å². The third-order valence-electron chi connectivity index (χ3n) is 3.75. The van der Waals surface area contributed by atoms with Crippen LogP contribution in [0.15, 0.2) is 67.3 Å².